The van der Waals surface area contributed by atoms with Crippen LogP contribution in [0.4, 0.5) is 0 Å². The van der Waals surface area contributed by atoms with Crippen molar-refractivity contribution < 1.29 is 14.4 Å². The molecule has 2 N–H and O–H groups in total. The molecule has 7 nitrogen and oxygen atoms in total. The van der Waals surface area contributed by atoms with Crippen LogP contribution in [0.3, 0.4) is 0 Å². The second kappa shape index (κ2) is 6.35. The van der Waals surface area contributed by atoms with E-state index in [0.717, 1.165) is 10.9 Å². The van der Waals surface area contributed by atoms with E-state index in [4.69, 9.17) is 0 Å². The lowest BCUT2D eigenvalue weighted by atomic mass is 10.1. The molecule has 3 amide bonds. The Morgan fingerprint density at radius 2 is 2.08 bits per heavy atom. The zero-order chi connectivity index (χ0) is 17.3. The standard InChI is InChI=1S/C17H20N4O3/c1-18-15(22)10-13-16(23)19-7-8-21(13)17(24)14-9-11-5-3-4-6-12(11)20(14)2/h3-6,9,13H,7-8,10H2,1-2H3,(H,18,22)(H,19,23)/t13-/m1/s1. The molecule has 126 valence electrons. The Balaban J connectivity index is 1.94. The number of carbonyl (C=O) groups is 3. The molecule has 24 heavy (non-hydrogen) atoms. The number of hydrogen-bond donors (Lipinski definition) is 2. The third kappa shape index (κ3) is 2.73. The van der Waals surface area contributed by atoms with Gasteiger partial charge in [-0.05, 0) is 12.1 Å². The van der Waals surface area contributed by atoms with Gasteiger partial charge in [0.2, 0.25) is 11.8 Å². The maximum atomic E-state index is 13.0. The fourth-order valence-electron chi connectivity index (χ4n) is 3.08. The maximum Gasteiger partial charge on any atom is 0.271 e. The van der Waals surface area contributed by atoms with E-state index in [9.17, 15) is 14.4 Å². The van der Waals surface area contributed by atoms with Crippen LogP contribution in [0.15, 0.2) is 30.3 Å². The minimum absolute atomic E-state index is 0.0436. The molecule has 1 atom stereocenters. The number of nitrogens with one attached hydrogen (secondary N) is 2. The van der Waals surface area contributed by atoms with Crippen LogP contribution in [0.2, 0.25) is 0 Å². The molecule has 1 aromatic heterocycles. The molecule has 2 aromatic rings. The Hall–Kier alpha value is -2.83. The number of piperazine rings is 1. The van der Waals surface area contributed by atoms with Gasteiger partial charge in [-0.3, -0.25) is 14.4 Å². The van der Waals surface area contributed by atoms with Gasteiger partial charge in [0.1, 0.15) is 11.7 Å². The van der Waals surface area contributed by atoms with Crippen LogP contribution in [-0.2, 0) is 16.6 Å². The summed E-state index contributed by atoms with van der Waals surface area (Å²) >= 11 is 0. The number of rotatable bonds is 3. The molecule has 0 radical (unpaired) electrons. The number of hydrogen-bond acceptors (Lipinski definition) is 3. The number of carbonyl (C=O) groups excluding carboxylic acids is 3. The van der Waals surface area contributed by atoms with Gasteiger partial charge in [-0.25, -0.2) is 0 Å². The molecule has 0 aliphatic carbocycles. The molecule has 0 unspecified atom stereocenters. The number of benzene rings is 1. The molecule has 0 bridgehead atoms. The highest BCUT2D eigenvalue weighted by atomic mass is 16.2. The van der Waals surface area contributed by atoms with Gasteiger partial charge in [0.15, 0.2) is 0 Å². The topological polar surface area (TPSA) is 83.4 Å². The normalized spacial score (nSPS) is 17.7. The van der Waals surface area contributed by atoms with Gasteiger partial charge in [-0.15, -0.1) is 0 Å². The van der Waals surface area contributed by atoms with Gasteiger partial charge in [0.05, 0.1) is 6.42 Å². The van der Waals surface area contributed by atoms with E-state index in [0.29, 0.717) is 18.8 Å². The first-order chi connectivity index (χ1) is 11.5. The Kier molecular flexibility index (Phi) is 4.24. The molecular formula is C17H20N4O3. The van der Waals surface area contributed by atoms with Crippen molar-refractivity contribution in [1.82, 2.24) is 20.1 Å². The van der Waals surface area contributed by atoms with Crippen molar-refractivity contribution >= 4 is 28.6 Å². The number of aromatic nitrogens is 1. The van der Waals surface area contributed by atoms with Gasteiger partial charge in [0, 0.05) is 38.1 Å². The van der Waals surface area contributed by atoms with Crippen molar-refractivity contribution in [2.45, 2.75) is 12.5 Å². The second-order valence-electron chi connectivity index (χ2n) is 5.83. The van der Waals surface area contributed by atoms with E-state index in [-0.39, 0.29) is 24.1 Å². The summed E-state index contributed by atoms with van der Waals surface area (Å²) in [6.45, 7) is 0.770. The average Bonchev–Trinajstić information content (AvgIpc) is 2.93. The zero-order valence-corrected chi connectivity index (χ0v) is 13.7. The van der Waals surface area contributed by atoms with Crippen LogP contribution < -0.4 is 10.6 Å². The summed E-state index contributed by atoms with van der Waals surface area (Å²) in [6, 6.07) is 8.75. The van der Waals surface area contributed by atoms with Crippen molar-refractivity contribution in [2.24, 2.45) is 7.05 Å². The Morgan fingerprint density at radius 1 is 1.33 bits per heavy atom. The first-order valence-corrected chi connectivity index (χ1v) is 7.86. The van der Waals surface area contributed by atoms with E-state index >= 15 is 0 Å². The lowest BCUT2D eigenvalue weighted by molar-refractivity contribution is -0.132. The Bertz CT molecular complexity index is 811. The predicted octanol–water partition coefficient (Wildman–Crippen LogP) is 0.255. The molecule has 1 fully saturated rings. The van der Waals surface area contributed by atoms with E-state index in [1.54, 1.807) is 0 Å². The summed E-state index contributed by atoms with van der Waals surface area (Å²) in [5.41, 5.74) is 1.46. The van der Waals surface area contributed by atoms with Crippen molar-refractivity contribution in [2.75, 3.05) is 20.1 Å². The van der Waals surface area contributed by atoms with Gasteiger partial charge in [0.25, 0.3) is 5.91 Å². The molecular weight excluding hydrogens is 308 g/mol. The quantitative estimate of drug-likeness (QED) is 0.847. The third-order valence-corrected chi connectivity index (χ3v) is 4.42. The summed E-state index contributed by atoms with van der Waals surface area (Å²) in [6.07, 6.45) is -0.0436. The summed E-state index contributed by atoms with van der Waals surface area (Å²) in [7, 11) is 3.34. The molecule has 7 heteroatoms. The van der Waals surface area contributed by atoms with Crippen molar-refractivity contribution in [3.63, 3.8) is 0 Å². The highest BCUT2D eigenvalue weighted by Crippen LogP contribution is 2.21. The monoisotopic (exact) mass is 328 g/mol. The Morgan fingerprint density at radius 3 is 2.79 bits per heavy atom. The lowest BCUT2D eigenvalue weighted by Gasteiger charge is -2.34. The summed E-state index contributed by atoms with van der Waals surface area (Å²) in [4.78, 5) is 38.4. The molecule has 1 aliphatic heterocycles. The zero-order valence-electron chi connectivity index (χ0n) is 13.7. The maximum absolute atomic E-state index is 13.0. The largest absolute Gasteiger partial charge is 0.359 e. The number of amides is 3. The molecule has 2 heterocycles. The summed E-state index contributed by atoms with van der Waals surface area (Å²) < 4.78 is 1.82. The number of nitrogens with zero attached hydrogens (tertiary/aromatic N) is 2. The summed E-state index contributed by atoms with van der Waals surface area (Å²) in [5, 5.41) is 6.19. The molecule has 3 rings (SSSR count). The van der Waals surface area contributed by atoms with Gasteiger partial charge < -0.3 is 20.1 Å². The fraction of sp³-hybridized carbons (Fsp3) is 0.353. The first kappa shape index (κ1) is 16.0. The molecule has 1 aliphatic rings. The first-order valence-electron chi connectivity index (χ1n) is 7.86. The van der Waals surface area contributed by atoms with E-state index in [2.05, 4.69) is 10.6 Å². The van der Waals surface area contributed by atoms with Crippen LogP contribution >= 0.6 is 0 Å². The van der Waals surface area contributed by atoms with Gasteiger partial charge in [-0.1, -0.05) is 18.2 Å². The van der Waals surface area contributed by atoms with E-state index in [1.165, 1.54) is 11.9 Å². The molecule has 1 saturated heterocycles. The second-order valence-corrected chi connectivity index (χ2v) is 5.83. The lowest BCUT2D eigenvalue weighted by Crippen LogP contribution is -2.58. The van der Waals surface area contributed by atoms with Crippen LogP contribution in [0, 0.1) is 0 Å². The fourth-order valence-corrected chi connectivity index (χ4v) is 3.08. The third-order valence-electron chi connectivity index (χ3n) is 4.42. The van der Waals surface area contributed by atoms with Gasteiger partial charge in [-0.2, -0.15) is 0 Å². The minimum Gasteiger partial charge on any atom is -0.359 e. The van der Waals surface area contributed by atoms with E-state index in [1.807, 2.05) is 41.9 Å². The average molecular weight is 328 g/mol. The number of aryl methyl sites for hydroxylation is 1. The Labute approximate surface area is 139 Å². The number of para-hydroxylation sites is 1. The van der Waals surface area contributed by atoms with Crippen LogP contribution in [0.1, 0.15) is 16.9 Å². The molecule has 1 aromatic carbocycles. The minimum atomic E-state index is -0.788. The predicted molar refractivity (Wildman–Crippen MR) is 89.4 cm³/mol. The van der Waals surface area contributed by atoms with E-state index < -0.39 is 6.04 Å². The van der Waals surface area contributed by atoms with Crippen molar-refractivity contribution in [3.05, 3.63) is 36.0 Å². The van der Waals surface area contributed by atoms with Crippen molar-refractivity contribution in [3.8, 4) is 0 Å². The smallest absolute Gasteiger partial charge is 0.271 e. The van der Waals surface area contributed by atoms with Gasteiger partial charge >= 0.3 is 0 Å². The SMILES string of the molecule is CNC(=O)C[C@@H]1C(=O)NCCN1C(=O)c1cc2ccccc2n1C. The summed E-state index contributed by atoms with van der Waals surface area (Å²) in [5.74, 6) is -0.804. The highest BCUT2D eigenvalue weighted by Gasteiger charge is 2.35. The van der Waals surface area contributed by atoms with Crippen LogP contribution in [0.25, 0.3) is 10.9 Å². The molecule has 0 spiro atoms. The van der Waals surface area contributed by atoms with Crippen molar-refractivity contribution in [1.29, 1.82) is 0 Å². The van der Waals surface area contributed by atoms with Crippen LogP contribution in [-0.4, -0.2) is 53.4 Å². The van der Waals surface area contributed by atoms with Crippen LogP contribution in [0.5, 0.6) is 0 Å². The molecule has 0 saturated carbocycles. The highest BCUT2D eigenvalue weighted by molar-refractivity contribution is 6.02. The number of fused-ring (bicyclic) bond motifs is 1.